The van der Waals surface area contributed by atoms with Crippen LogP contribution in [0.4, 0.5) is 8.78 Å². The second kappa shape index (κ2) is 7.90. The van der Waals surface area contributed by atoms with Gasteiger partial charge in [0.05, 0.1) is 5.56 Å². The van der Waals surface area contributed by atoms with Crippen molar-refractivity contribution >= 4 is 12.4 Å². The van der Waals surface area contributed by atoms with Gasteiger partial charge < -0.3 is 14.6 Å². The largest absolute Gasteiger partial charge is 0.434 e. The van der Waals surface area contributed by atoms with Crippen molar-refractivity contribution in [2.45, 2.75) is 26.0 Å². The summed E-state index contributed by atoms with van der Waals surface area (Å²) in [5.41, 5.74) is 0.351. The molecule has 0 fully saturated rings. The number of nitrogens with zero attached hydrogens (tertiary/aromatic N) is 2. The number of nitrogens with one attached hydrogen (secondary N) is 1. The van der Waals surface area contributed by atoms with Crippen LogP contribution >= 0.6 is 12.4 Å². The summed E-state index contributed by atoms with van der Waals surface area (Å²) < 4.78 is 34.2. The lowest BCUT2D eigenvalue weighted by atomic mass is 10.2. The lowest BCUT2D eigenvalue weighted by Gasteiger charge is -2.07. The van der Waals surface area contributed by atoms with E-state index in [0.717, 1.165) is 0 Å². The molecule has 0 aliphatic rings. The van der Waals surface area contributed by atoms with Crippen LogP contribution in [0.5, 0.6) is 5.75 Å². The summed E-state index contributed by atoms with van der Waals surface area (Å²) in [6, 6.07) is 6.50. The molecule has 0 aliphatic heterocycles. The van der Waals surface area contributed by atoms with E-state index in [1.807, 2.05) is 14.0 Å². The van der Waals surface area contributed by atoms with Gasteiger partial charge in [-0.05, 0) is 26.1 Å². The van der Waals surface area contributed by atoms with Gasteiger partial charge in [-0.25, -0.2) is 0 Å². The summed E-state index contributed by atoms with van der Waals surface area (Å²) in [4.78, 5) is 4.19. The van der Waals surface area contributed by atoms with Crippen LogP contribution in [0.2, 0.25) is 0 Å². The lowest BCUT2D eigenvalue weighted by Crippen LogP contribution is -2.24. The van der Waals surface area contributed by atoms with Crippen LogP contribution in [0.25, 0.3) is 11.5 Å². The molecule has 2 rings (SSSR count). The number of rotatable bonds is 6. The Kier molecular flexibility index (Phi) is 6.51. The fourth-order valence-corrected chi connectivity index (χ4v) is 1.66. The Hall–Kier alpha value is -1.73. The maximum Gasteiger partial charge on any atom is 0.387 e. The van der Waals surface area contributed by atoms with E-state index >= 15 is 0 Å². The fourth-order valence-electron chi connectivity index (χ4n) is 1.66. The third-order valence-corrected chi connectivity index (χ3v) is 2.78. The average molecular weight is 320 g/mol. The zero-order valence-corrected chi connectivity index (χ0v) is 12.4. The highest BCUT2D eigenvalue weighted by molar-refractivity contribution is 5.85. The molecule has 1 heterocycles. The predicted molar refractivity (Wildman–Crippen MR) is 75.8 cm³/mol. The number of likely N-dealkylation sites (N-methyl/N-ethyl adjacent to an activating group) is 1. The maximum absolute atomic E-state index is 12.3. The number of para-hydroxylation sites is 1. The first kappa shape index (κ1) is 17.3. The van der Waals surface area contributed by atoms with Gasteiger partial charge in [0.25, 0.3) is 5.89 Å². The first-order valence-corrected chi connectivity index (χ1v) is 6.14. The number of alkyl halides is 2. The van der Waals surface area contributed by atoms with Gasteiger partial charge in [-0.1, -0.05) is 17.3 Å². The standard InChI is InChI=1S/C13H15F2N3O2.ClH/c1-8(16-2)7-11-17-12(20-18-11)9-5-3-4-6-10(9)19-13(14)15;/h3-6,8,13,16H,7H2,1-2H3;1H. The molecule has 1 aromatic carbocycles. The molecule has 0 radical (unpaired) electrons. The second-order valence-electron chi connectivity index (χ2n) is 4.28. The number of hydrogen-bond donors (Lipinski definition) is 1. The fraction of sp³-hybridized carbons (Fsp3) is 0.385. The molecule has 2 aromatic rings. The van der Waals surface area contributed by atoms with Crippen molar-refractivity contribution in [3.63, 3.8) is 0 Å². The zero-order valence-electron chi connectivity index (χ0n) is 11.5. The van der Waals surface area contributed by atoms with E-state index in [4.69, 9.17) is 4.52 Å². The normalized spacial score (nSPS) is 12.0. The Morgan fingerprint density at radius 2 is 2.05 bits per heavy atom. The van der Waals surface area contributed by atoms with E-state index in [1.165, 1.54) is 6.07 Å². The topological polar surface area (TPSA) is 60.2 Å². The first-order valence-electron chi connectivity index (χ1n) is 6.14. The Balaban J connectivity index is 0.00000220. The van der Waals surface area contributed by atoms with Crippen molar-refractivity contribution in [1.82, 2.24) is 15.5 Å². The highest BCUT2D eigenvalue weighted by Crippen LogP contribution is 2.29. The smallest absolute Gasteiger partial charge is 0.387 e. The molecule has 0 aliphatic carbocycles. The molecule has 0 bridgehead atoms. The number of benzene rings is 1. The predicted octanol–water partition coefficient (Wildman–Crippen LogP) is 2.91. The highest BCUT2D eigenvalue weighted by atomic mass is 35.5. The molecule has 8 heteroatoms. The van der Waals surface area contributed by atoms with Crippen molar-refractivity contribution in [1.29, 1.82) is 0 Å². The number of ether oxygens (including phenoxy) is 1. The third kappa shape index (κ3) is 4.64. The number of hydrogen-bond acceptors (Lipinski definition) is 5. The van der Waals surface area contributed by atoms with Crippen LogP contribution in [0.15, 0.2) is 28.8 Å². The quantitative estimate of drug-likeness (QED) is 0.887. The lowest BCUT2D eigenvalue weighted by molar-refractivity contribution is -0.0495. The van der Waals surface area contributed by atoms with Crippen molar-refractivity contribution in [2.24, 2.45) is 0 Å². The number of halogens is 3. The summed E-state index contributed by atoms with van der Waals surface area (Å²) >= 11 is 0. The van der Waals surface area contributed by atoms with Crippen LogP contribution < -0.4 is 10.1 Å². The van der Waals surface area contributed by atoms with Gasteiger partial charge in [-0.2, -0.15) is 13.8 Å². The molecule has 1 atom stereocenters. The maximum atomic E-state index is 12.3. The van der Waals surface area contributed by atoms with Gasteiger partial charge in [-0.3, -0.25) is 0 Å². The minimum atomic E-state index is -2.90. The molecular weight excluding hydrogens is 304 g/mol. The molecule has 1 unspecified atom stereocenters. The Bertz CT molecular complexity index is 566. The third-order valence-electron chi connectivity index (χ3n) is 2.78. The van der Waals surface area contributed by atoms with Gasteiger partial charge in [0.1, 0.15) is 5.75 Å². The molecule has 116 valence electrons. The SMILES string of the molecule is CNC(C)Cc1noc(-c2ccccc2OC(F)F)n1.Cl. The minimum absolute atomic E-state index is 0. The summed E-state index contributed by atoms with van der Waals surface area (Å²) in [5, 5.41) is 6.89. The highest BCUT2D eigenvalue weighted by Gasteiger charge is 2.16. The molecule has 0 saturated carbocycles. The molecular formula is C13H16ClF2N3O2. The van der Waals surface area contributed by atoms with E-state index < -0.39 is 6.61 Å². The van der Waals surface area contributed by atoms with Crippen LogP contribution in [0.1, 0.15) is 12.7 Å². The van der Waals surface area contributed by atoms with Crippen LogP contribution in [0, 0.1) is 0 Å². The molecule has 0 spiro atoms. The van der Waals surface area contributed by atoms with E-state index in [9.17, 15) is 8.78 Å². The van der Waals surface area contributed by atoms with Gasteiger partial charge in [0.15, 0.2) is 5.82 Å². The van der Waals surface area contributed by atoms with Crippen LogP contribution in [0.3, 0.4) is 0 Å². The van der Waals surface area contributed by atoms with Crippen LogP contribution in [-0.2, 0) is 6.42 Å². The number of aromatic nitrogens is 2. The van der Waals surface area contributed by atoms with Gasteiger partial charge in [0, 0.05) is 12.5 Å². The second-order valence-corrected chi connectivity index (χ2v) is 4.28. The Labute approximate surface area is 127 Å². The molecule has 1 aromatic heterocycles. The van der Waals surface area contributed by atoms with E-state index in [1.54, 1.807) is 18.2 Å². The molecule has 0 saturated heterocycles. The van der Waals surface area contributed by atoms with Crippen molar-refractivity contribution in [3.05, 3.63) is 30.1 Å². The van der Waals surface area contributed by atoms with Gasteiger partial charge >= 0.3 is 6.61 Å². The zero-order chi connectivity index (χ0) is 14.5. The Morgan fingerprint density at radius 3 is 2.71 bits per heavy atom. The monoisotopic (exact) mass is 319 g/mol. The first-order chi connectivity index (χ1) is 9.60. The summed E-state index contributed by atoms with van der Waals surface area (Å²) in [6.07, 6.45) is 0.581. The van der Waals surface area contributed by atoms with E-state index in [-0.39, 0.29) is 30.1 Å². The molecule has 5 nitrogen and oxygen atoms in total. The van der Waals surface area contributed by atoms with E-state index in [2.05, 4.69) is 20.2 Å². The molecule has 21 heavy (non-hydrogen) atoms. The van der Waals surface area contributed by atoms with Gasteiger partial charge in [-0.15, -0.1) is 12.4 Å². The molecule has 1 N–H and O–H groups in total. The van der Waals surface area contributed by atoms with Crippen LogP contribution in [-0.4, -0.2) is 29.8 Å². The van der Waals surface area contributed by atoms with Crippen molar-refractivity contribution in [3.8, 4) is 17.2 Å². The molecule has 0 amide bonds. The summed E-state index contributed by atoms with van der Waals surface area (Å²) in [5.74, 6) is 0.688. The minimum Gasteiger partial charge on any atom is -0.434 e. The van der Waals surface area contributed by atoms with Crippen molar-refractivity contribution < 1.29 is 18.0 Å². The average Bonchev–Trinajstić information content (AvgIpc) is 2.87. The summed E-state index contributed by atoms with van der Waals surface area (Å²) in [7, 11) is 1.83. The van der Waals surface area contributed by atoms with Gasteiger partial charge in [0.2, 0.25) is 0 Å². The summed E-state index contributed by atoms with van der Waals surface area (Å²) in [6.45, 7) is -0.924. The van der Waals surface area contributed by atoms with Crippen molar-refractivity contribution in [2.75, 3.05) is 7.05 Å². The Morgan fingerprint density at radius 1 is 1.33 bits per heavy atom. The van der Waals surface area contributed by atoms with E-state index in [0.29, 0.717) is 17.8 Å².